The molecule has 0 aliphatic carbocycles. The summed E-state index contributed by atoms with van der Waals surface area (Å²) in [6.45, 7) is 2.85. The van der Waals surface area contributed by atoms with Gasteiger partial charge in [0.2, 0.25) is 5.91 Å². The summed E-state index contributed by atoms with van der Waals surface area (Å²) in [5, 5.41) is 87.6. The average molecular weight is 1280 g/mol. The third-order valence-electron chi connectivity index (χ3n) is 18.8. The van der Waals surface area contributed by atoms with E-state index in [-0.39, 0.29) is 18.9 Å². The maximum absolute atomic E-state index is 13.4. The SMILES string of the molecule is CCCCCCC/C=C\C/C=C\CCCCCCCCCCCCCCCCCC(=O)NC(COC1OC(CO)C(OC2OC(CO)C(O)C(O)C2O)C(O)C1O)C(O)/C=C/CCCCCCCCCCCCCCCCCCCCCCCCCCCCC. The van der Waals surface area contributed by atoms with Gasteiger partial charge in [0.25, 0.3) is 0 Å². The van der Waals surface area contributed by atoms with Crippen molar-refractivity contribution in [2.24, 2.45) is 0 Å². The molecule has 9 N–H and O–H groups in total. The highest BCUT2D eigenvalue weighted by Crippen LogP contribution is 2.30. The van der Waals surface area contributed by atoms with E-state index in [1.165, 1.54) is 276 Å². The largest absolute Gasteiger partial charge is 0.394 e. The first-order valence-corrected chi connectivity index (χ1v) is 38.2. The zero-order valence-corrected chi connectivity index (χ0v) is 57.9. The Kier molecular flexibility index (Phi) is 57.0. The van der Waals surface area contributed by atoms with Crippen LogP contribution >= 0.6 is 0 Å². The molecule has 12 unspecified atom stereocenters. The first-order chi connectivity index (χ1) is 44.1. The highest BCUT2D eigenvalue weighted by molar-refractivity contribution is 5.76. The van der Waals surface area contributed by atoms with E-state index < -0.39 is 86.8 Å². The second-order valence-corrected chi connectivity index (χ2v) is 27.1. The standard InChI is InChI=1S/C76H143NO13/c1-3-5-7-9-11-13-15-17-19-21-23-25-27-29-31-32-34-35-37-39-41-43-45-47-49-51-53-55-57-59-65(80)64(63-87-75-73(86)71(84)74(67(62-79)89-75)90-76-72(85)70(83)69(82)66(61-78)88-76)77-68(81)60-58-56-54-52-50-48-46-44-42-40-38-36-33-30-28-26-24-22-20-18-16-14-12-10-8-6-4-2/h16,18,22,24,57,59,64-67,69-76,78-80,82-86H,3-15,17,19-21,23,25-56,58,60-63H2,1-2H3,(H,77,81)/b18-16-,24-22-,59-57+. The fourth-order valence-corrected chi connectivity index (χ4v) is 12.7. The Morgan fingerprint density at radius 3 is 1.11 bits per heavy atom. The maximum Gasteiger partial charge on any atom is 0.220 e. The van der Waals surface area contributed by atoms with Crippen molar-refractivity contribution in [3.8, 4) is 0 Å². The number of nitrogens with one attached hydrogen (secondary N) is 1. The molecule has 0 aromatic heterocycles. The molecule has 0 spiro atoms. The first-order valence-electron chi connectivity index (χ1n) is 38.2. The van der Waals surface area contributed by atoms with E-state index in [2.05, 4.69) is 43.5 Å². The van der Waals surface area contributed by atoms with Gasteiger partial charge in [-0.15, -0.1) is 0 Å². The molecule has 2 rings (SSSR count). The summed E-state index contributed by atoms with van der Waals surface area (Å²) in [6.07, 6.45) is 62.1. The van der Waals surface area contributed by atoms with Gasteiger partial charge in [0.05, 0.1) is 32.0 Å². The van der Waals surface area contributed by atoms with Gasteiger partial charge < -0.3 is 65.1 Å². The van der Waals surface area contributed by atoms with Gasteiger partial charge in [0, 0.05) is 6.42 Å². The van der Waals surface area contributed by atoms with E-state index in [9.17, 15) is 45.6 Å². The maximum atomic E-state index is 13.4. The lowest BCUT2D eigenvalue weighted by Gasteiger charge is -2.46. The molecule has 14 nitrogen and oxygen atoms in total. The second kappa shape index (κ2) is 60.8. The van der Waals surface area contributed by atoms with Crippen LogP contribution in [0.2, 0.25) is 0 Å². The van der Waals surface area contributed by atoms with E-state index in [4.69, 9.17) is 18.9 Å². The van der Waals surface area contributed by atoms with Crippen LogP contribution in [-0.4, -0.2) is 140 Å². The van der Waals surface area contributed by atoms with Crippen LogP contribution in [0.25, 0.3) is 0 Å². The van der Waals surface area contributed by atoms with E-state index in [1.54, 1.807) is 6.08 Å². The average Bonchev–Trinajstić information content (AvgIpc) is 1.41. The van der Waals surface area contributed by atoms with E-state index >= 15 is 0 Å². The van der Waals surface area contributed by atoms with Gasteiger partial charge in [-0.25, -0.2) is 0 Å². The summed E-state index contributed by atoms with van der Waals surface area (Å²) in [5.41, 5.74) is 0. The molecule has 0 aromatic rings. The highest BCUT2D eigenvalue weighted by Gasteiger charge is 2.51. The summed E-state index contributed by atoms with van der Waals surface area (Å²) in [4.78, 5) is 13.4. The second-order valence-electron chi connectivity index (χ2n) is 27.1. The van der Waals surface area contributed by atoms with Gasteiger partial charge in [0.1, 0.15) is 48.8 Å². The van der Waals surface area contributed by atoms with Crippen LogP contribution in [0.15, 0.2) is 36.5 Å². The molecule has 2 saturated heterocycles. The number of hydrogen-bond acceptors (Lipinski definition) is 13. The molecule has 90 heavy (non-hydrogen) atoms. The van der Waals surface area contributed by atoms with Gasteiger partial charge in [-0.2, -0.15) is 0 Å². The predicted molar refractivity (Wildman–Crippen MR) is 369 cm³/mol. The lowest BCUT2D eigenvalue weighted by atomic mass is 9.97. The van der Waals surface area contributed by atoms with Crippen LogP contribution in [0, 0.1) is 0 Å². The highest BCUT2D eigenvalue weighted by atomic mass is 16.7. The molecule has 530 valence electrons. The lowest BCUT2D eigenvalue weighted by Crippen LogP contribution is -2.65. The number of ether oxygens (including phenoxy) is 4. The van der Waals surface area contributed by atoms with Crippen LogP contribution in [0.4, 0.5) is 0 Å². The topological polar surface area (TPSA) is 228 Å². The number of allylic oxidation sites excluding steroid dienone is 5. The van der Waals surface area contributed by atoms with Crippen LogP contribution in [0.5, 0.6) is 0 Å². The first kappa shape index (κ1) is 84.3. The van der Waals surface area contributed by atoms with Gasteiger partial charge in [0.15, 0.2) is 12.6 Å². The number of amides is 1. The zero-order valence-electron chi connectivity index (χ0n) is 57.9. The molecule has 12 atom stereocenters. The number of unbranched alkanes of at least 4 members (excludes halogenated alkanes) is 47. The van der Waals surface area contributed by atoms with Crippen LogP contribution in [-0.2, 0) is 23.7 Å². The van der Waals surface area contributed by atoms with Crippen molar-refractivity contribution in [3.05, 3.63) is 36.5 Å². The Morgan fingerprint density at radius 1 is 0.400 bits per heavy atom. The normalized spacial score (nSPS) is 23.0. The minimum absolute atomic E-state index is 0.234. The third kappa shape index (κ3) is 44.0. The number of carbonyl (C=O) groups is 1. The quantitative estimate of drug-likeness (QED) is 0.0204. The number of aliphatic hydroxyl groups excluding tert-OH is 8. The smallest absolute Gasteiger partial charge is 0.220 e. The van der Waals surface area contributed by atoms with Crippen LogP contribution in [0.1, 0.15) is 348 Å². The third-order valence-corrected chi connectivity index (χ3v) is 18.8. The Hall–Kier alpha value is -1.79. The van der Waals surface area contributed by atoms with E-state index in [0.717, 1.165) is 44.9 Å². The van der Waals surface area contributed by atoms with Gasteiger partial charge in [-0.05, 0) is 51.4 Å². The minimum Gasteiger partial charge on any atom is -0.394 e. The van der Waals surface area contributed by atoms with Crippen LogP contribution < -0.4 is 5.32 Å². The molecule has 14 heteroatoms. The lowest BCUT2D eigenvalue weighted by molar-refractivity contribution is -0.359. The summed E-state index contributed by atoms with van der Waals surface area (Å²) in [5.74, 6) is -0.234. The van der Waals surface area contributed by atoms with Crippen molar-refractivity contribution in [1.29, 1.82) is 0 Å². The molecular formula is C76H143NO13. The fourth-order valence-electron chi connectivity index (χ4n) is 12.7. The van der Waals surface area contributed by atoms with E-state index in [1.807, 2.05) is 6.08 Å². The molecule has 2 fully saturated rings. The van der Waals surface area contributed by atoms with Crippen molar-refractivity contribution in [2.45, 2.75) is 421 Å². The minimum atomic E-state index is -1.79. The van der Waals surface area contributed by atoms with Crippen molar-refractivity contribution < 1.29 is 64.6 Å². The monoisotopic (exact) mass is 1280 g/mol. The number of hydrogen-bond donors (Lipinski definition) is 9. The van der Waals surface area contributed by atoms with Crippen molar-refractivity contribution in [1.82, 2.24) is 5.32 Å². The summed E-state index contributed by atoms with van der Waals surface area (Å²) in [6, 6.07) is -0.916. The molecule has 1 amide bonds. The molecule has 0 bridgehead atoms. The number of aliphatic hydroxyl groups is 8. The fraction of sp³-hybridized carbons (Fsp3) is 0.908. The summed E-state index contributed by atoms with van der Waals surface area (Å²) in [7, 11) is 0. The summed E-state index contributed by atoms with van der Waals surface area (Å²) < 4.78 is 22.9. The van der Waals surface area contributed by atoms with Gasteiger partial charge in [-0.1, -0.05) is 326 Å². The molecule has 0 radical (unpaired) electrons. The van der Waals surface area contributed by atoms with Gasteiger partial charge in [-0.3, -0.25) is 4.79 Å². The Bertz CT molecular complexity index is 1650. The molecule has 0 saturated carbocycles. The number of carbonyl (C=O) groups excluding carboxylic acids is 1. The molecule has 0 aromatic carbocycles. The molecule has 2 heterocycles. The van der Waals surface area contributed by atoms with E-state index in [0.29, 0.717) is 6.42 Å². The molecule has 2 aliphatic heterocycles. The van der Waals surface area contributed by atoms with Gasteiger partial charge >= 0.3 is 0 Å². The Morgan fingerprint density at radius 2 is 0.733 bits per heavy atom. The van der Waals surface area contributed by atoms with Crippen molar-refractivity contribution in [2.75, 3.05) is 19.8 Å². The Labute approximate surface area is 551 Å². The number of rotatable bonds is 64. The van der Waals surface area contributed by atoms with Crippen molar-refractivity contribution >= 4 is 5.91 Å². The predicted octanol–water partition coefficient (Wildman–Crippen LogP) is 16.5. The summed E-state index contributed by atoms with van der Waals surface area (Å²) >= 11 is 0. The zero-order chi connectivity index (χ0) is 65.2. The molecule has 2 aliphatic rings. The van der Waals surface area contributed by atoms with Crippen molar-refractivity contribution in [3.63, 3.8) is 0 Å². The van der Waals surface area contributed by atoms with Crippen LogP contribution in [0.3, 0.4) is 0 Å². The molecular weight excluding hydrogens is 1130 g/mol. The Balaban J connectivity index is 1.65.